The smallest absolute Gasteiger partial charge is 0.0854 e. The number of hydrogen-bond donors (Lipinski definition) is 1. The van der Waals surface area contributed by atoms with Gasteiger partial charge in [0.05, 0.1) is 17.8 Å². The van der Waals surface area contributed by atoms with Gasteiger partial charge in [0.25, 0.3) is 0 Å². The Labute approximate surface area is 120 Å². The van der Waals surface area contributed by atoms with Crippen molar-refractivity contribution in [3.8, 4) is 0 Å². The number of nitrogens with zero attached hydrogens (tertiary/aromatic N) is 2. The highest BCUT2D eigenvalue weighted by atomic mass is 16.3. The average molecular weight is 270 g/mol. The van der Waals surface area contributed by atoms with E-state index in [9.17, 15) is 5.11 Å². The summed E-state index contributed by atoms with van der Waals surface area (Å²) in [5, 5.41) is 10.5. The van der Waals surface area contributed by atoms with Crippen molar-refractivity contribution in [2.45, 2.75) is 32.9 Å². The molecule has 0 aliphatic rings. The minimum absolute atomic E-state index is 0.0367. The number of pyridine rings is 1. The van der Waals surface area contributed by atoms with Gasteiger partial charge in [-0.3, -0.25) is 4.98 Å². The van der Waals surface area contributed by atoms with Crippen LogP contribution in [0.3, 0.4) is 0 Å². The van der Waals surface area contributed by atoms with Crippen LogP contribution in [0, 0.1) is 0 Å². The van der Waals surface area contributed by atoms with Crippen molar-refractivity contribution in [2.24, 2.45) is 0 Å². The summed E-state index contributed by atoms with van der Waals surface area (Å²) >= 11 is 0. The standard InChI is InChI=1S/C17H22N2O/c1-5-10-19(17(2,3)4)16-11-13(12-20)18-15-9-7-6-8-14(15)16/h5-9,11,20H,1,10,12H2,2-4H3. The molecule has 0 aliphatic carbocycles. The molecule has 1 aromatic carbocycles. The van der Waals surface area contributed by atoms with Crippen molar-refractivity contribution in [2.75, 3.05) is 11.4 Å². The molecule has 0 saturated carbocycles. The minimum atomic E-state index is -0.0517. The number of anilines is 1. The zero-order valence-corrected chi connectivity index (χ0v) is 12.4. The maximum Gasteiger partial charge on any atom is 0.0854 e. The van der Waals surface area contributed by atoms with Crippen LogP contribution in [0.25, 0.3) is 10.9 Å². The van der Waals surface area contributed by atoms with E-state index in [0.29, 0.717) is 5.69 Å². The Bertz CT molecular complexity index is 614. The van der Waals surface area contributed by atoms with Gasteiger partial charge in [0, 0.05) is 23.2 Å². The van der Waals surface area contributed by atoms with Crippen molar-refractivity contribution >= 4 is 16.6 Å². The van der Waals surface area contributed by atoms with Gasteiger partial charge in [-0.05, 0) is 32.9 Å². The molecule has 0 amide bonds. The maximum atomic E-state index is 9.43. The van der Waals surface area contributed by atoms with E-state index < -0.39 is 0 Å². The Kier molecular flexibility index (Phi) is 4.09. The van der Waals surface area contributed by atoms with Gasteiger partial charge in [0.15, 0.2) is 0 Å². The second kappa shape index (κ2) is 5.63. The molecule has 2 rings (SSSR count). The molecule has 0 saturated heterocycles. The molecule has 0 bridgehead atoms. The van der Waals surface area contributed by atoms with E-state index in [1.807, 2.05) is 30.3 Å². The van der Waals surface area contributed by atoms with Gasteiger partial charge in [-0.25, -0.2) is 0 Å². The average Bonchev–Trinajstić information content (AvgIpc) is 2.42. The van der Waals surface area contributed by atoms with Crippen molar-refractivity contribution in [3.63, 3.8) is 0 Å². The van der Waals surface area contributed by atoms with Crippen LogP contribution >= 0.6 is 0 Å². The number of aromatic nitrogens is 1. The van der Waals surface area contributed by atoms with Crippen LogP contribution in [0.1, 0.15) is 26.5 Å². The first-order valence-electron chi connectivity index (χ1n) is 6.85. The number of fused-ring (bicyclic) bond motifs is 1. The van der Waals surface area contributed by atoms with Gasteiger partial charge >= 0.3 is 0 Å². The Morgan fingerprint density at radius 3 is 2.60 bits per heavy atom. The third kappa shape index (κ3) is 2.83. The highest BCUT2D eigenvalue weighted by Crippen LogP contribution is 2.31. The van der Waals surface area contributed by atoms with E-state index in [0.717, 1.165) is 23.1 Å². The maximum absolute atomic E-state index is 9.43. The number of aliphatic hydroxyl groups is 1. The molecule has 1 aromatic heterocycles. The number of benzene rings is 1. The lowest BCUT2D eigenvalue weighted by Crippen LogP contribution is -2.41. The second-order valence-electron chi connectivity index (χ2n) is 5.88. The first kappa shape index (κ1) is 14.5. The van der Waals surface area contributed by atoms with E-state index in [-0.39, 0.29) is 12.1 Å². The fraction of sp³-hybridized carbons (Fsp3) is 0.353. The Morgan fingerprint density at radius 2 is 2.00 bits per heavy atom. The zero-order chi connectivity index (χ0) is 14.8. The molecule has 0 spiro atoms. The summed E-state index contributed by atoms with van der Waals surface area (Å²) in [6, 6.07) is 10.0. The summed E-state index contributed by atoms with van der Waals surface area (Å²) in [7, 11) is 0. The van der Waals surface area contributed by atoms with Gasteiger partial charge in [-0.2, -0.15) is 0 Å². The van der Waals surface area contributed by atoms with Gasteiger partial charge < -0.3 is 10.0 Å². The molecule has 0 unspecified atom stereocenters. The topological polar surface area (TPSA) is 36.4 Å². The van der Waals surface area contributed by atoms with Crippen LogP contribution in [0.2, 0.25) is 0 Å². The van der Waals surface area contributed by atoms with Gasteiger partial charge in [-0.1, -0.05) is 24.3 Å². The fourth-order valence-electron chi connectivity index (χ4n) is 2.38. The lowest BCUT2D eigenvalue weighted by Gasteiger charge is -2.38. The van der Waals surface area contributed by atoms with Crippen LogP contribution in [-0.2, 0) is 6.61 Å². The molecule has 3 heteroatoms. The summed E-state index contributed by atoms with van der Waals surface area (Å²) in [4.78, 5) is 6.76. The van der Waals surface area contributed by atoms with Gasteiger partial charge in [-0.15, -0.1) is 6.58 Å². The summed E-state index contributed by atoms with van der Waals surface area (Å²) in [6.45, 7) is 11.1. The molecule has 0 aliphatic heterocycles. The SMILES string of the molecule is C=CCN(c1cc(CO)nc2ccccc12)C(C)(C)C. The van der Waals surface area contributed by atoms with E-state index in [2.05, 4.69) is 43.3 Å². The number of para-hydroxylation sites is 1. The molecule has 1 N–H and O–H groups in total. The Balaban J connectivity index is 2.69. The molecule has 0 fully saturated rings. The van der Waals surface area contributed by atoms with E-state index >= 15 is 0 Å². The quantitative estimate of drug-likeness (QED) is 0.864. The fourth-order valence-corrected chi connectivity index (χ4v) is 2.38. The highest BCUT2D eigenvalue weighted by molar-refractivity contribution is 5.92. The predicted molar refractivity (Wildman–Crippen MR) is 85.0 cm³/mol. The third-order valence-corrected chi connectivity index (χ3v) is 3.32. The van der Waals surface area contributed by atoms with E-state index in [1.54, 1.807) is 0 Å². The minimum Gasteiger partial charge on any atom is -0.390 e. The summed E-state index contributed by atoms with van der Waals surface area (Å²) in [5.74, 6) is 0. The summed E-state index contributed by atoms with van der Waals surface area (Å²) < 4.78 is 0. The lowest BCUT2D eigenvalue weighted by atomic mass is 10.0. The molecular weight excluding hydrogens is 248 g/mol. The van der Waals surface area contributed by atoms with Gasteiger partial charge in [0.2, 0.25) is 0 Å². The normalized spacial score (nSPS) is 11.6. The molecule has 2 aromatic rings. The lowest BCUT2D eigenvalue weighted by molar-refractivity contribution is 0.277. The largest absolute Gasteiger partial charge is 0.390 e. The first-order chi connectivity index (χ1) is 9.47. The molecule has 106 valence electrons. The van der Waals surface area contributed by atoms with Crippen LogP contribution in [0.5, 0.6) is 0 Å². The van der Waals surface area contributed by atoms with Crippen molar-refractivity contribution in [1.29, 1.82) is 0 Å². The predicted octanol–water partition coefficient (Wildman–Crippen LogP) is 3.52. The summed E-state index contributed by atoms with van der Waals surface area (Å²) in [6.07, 6.45) is 1.90. The zero-order valence-electron chi connectivity index (χ0n) is 12.4. The number of rotatable bonds is 4. The molecule has 0 atom stereocenters. The molecule has 20 heavy (non-hydrogen) atoms. The van der Waals surface area contributed by atoms with Gasteiger partial charge in [0.1, 0.15) is 0 Å². The van der Waals surface area contributed by atoms with Crippen LogP contribution in [-0.4, -0.2) is 22.2 Å². The second-order valence-corrected chi connectivity index (χ2v) is 5.88. The number of hydrogen-bond acceptors (Lipinski definition) is 3. The molecule has 0 radical (unpaired) electrons. The third-order valence-electron chi connectivity index (χ3n) is 3.32. The van der Waals surface area contributed by atoms with Crippen molar-refractivity contribution < 1.29 is 5.11 Å². The molecular formula is C17H22N2O. The first-order valence-corrected chi connectivity index (χ1v) is 6.85. The summed E-state index contributed by atoms with van der Waals surface area (Å²) in [5.41, 5.74) is 2.65. The number of aliphatic hydroxyl groups excluding tert-OH is 1. The van der Waals surface area contributed by atoms with Crippen LogP contribution in [0.15, 0.2) is 43.0 Å². The molecule has 3 nitrogen and oxygen atoms in total. The van der Waals surface area contributed by atoms with Crippen LogP contribution < -0.4 is 4.90 Å². The van der Waals surface area contributed by atoms with E-state index in [4.69, 9.17) is 0 Å². The molecule has 1 heterocycles. The Morgan fingerprint density at radius 1 is 1.30 bits per heavy atom. The van der Waals surface area contributed by atoms with E-state index in [1.165, 1.54) is 0 Å². The van der Waals surface area contributed by atoms with Crippen LogP contribution in [0.4, 0.5) is 5.69 Å². The van der Waals surface area contributed by atoms with Crippen molar-refractivity contribution in [3.05, 3.63) is 48.7 Å². The highest BCUT2D eigenvalue weighted by Gasteiger charge is 2.22. The monoisotopic (exact) mass is 270 g/mol. The van der Waals surface area contributed by atoms with Crippen molar-refractivity contribution in [1.82, 2.24) is 4.98 Å². The Hall–Kier alpha value is -1.87.